The van der Waals surface area contributed by atoms with Crippen molar-refractivity contribution in [2.75, 3.05) is 15.8 Å². The van der Waals surface area contributed by atoms with E-state index in [0.29, 0.717) is 0 Å². The second kappa shape index (κ2) is 6.22. The smallest absolute Gasteiger partial charge is 0.232 e. The van der Waals surface area contributed by atoms with Crippen LogP contribution in [0.3, 0.4) is 0 Å². The molecule has 0 saturated carbocycles. The molecule has 2 aromatic rings. The van der Waals surface area contributed by atoms with Gasteiger partial charge in [-0.3, -0.25) is 4.72 Å². The molecule has 0 aliphatic carbocycles. The minimum absolute atomic E-state index is 0.0902. The molecule has 0 fully saturated rings. The Morgan fingerprint density at radius 1 is 1.09 bits per heavy atom. The second-order valence-electron chi connectivity index (χ2n) is 4.29. The maximum Gasteiger partial charge on any atom is 0.232 e. The first-order chi connectivity index (χ1) is 10.3. The monoisotopic (exact) mass is 331 g/mol. The van der Waals surface area contributed by atoms with Crippen LogP contribution in [0.5, 0.6) is 0 Å². The Bertz CT molecular complexity index is 780. The van der Waals surface area contributed by atoms with E-state index >= 15 is 0 Å². The van der Waals surface area contributed by atoms with Crippen LogP contribution in [-0.2, 0) is 10.0 Å². The Balaban J connectivity index is 2.17. The number of hydrogen-bond acceptors (Lipinski definition) is 4. The summed E-state index contributed by atoms with van der Waals surface area (Å²) in [6.07, 6.45) is 1.22. The van der Waals surface area contributed by atoms with Crippen molar-refractivity contribution in [3.05, 3.63) is 47.9 Å². The number of anilines is 3. The zero-order valence-corrected chi connectivity index (χ0v) is 12.2. The van der Waals surface area contributed by atoms with Crippen LogP contribution in [0.1, 0.15) is 6.92 Å². The van der Waals surface area contributed by atoms with E-state index in [1.165, 1.54) is 25.3 Å². The molecule has 0 radical (unpaired) electrons. The molecule has 118 valence electrons. The number of nitrogens with zero attached hydrogens (tertiary/aromatic N) is 1. The molecule has 0 bridgehead atoms. The zero-order valence-electron chi connectivity index (χ0n) is 11.4. The highest BCUT2D eigenvalue weighted by Crippen LogP contribution is 2.23. The Morgan fingerprint density at radius 3 is 2.41 bits per heavy atom. The molecule has 0 saturated heterocycles. The molecule has 2 rings (SSSR count). The molecule has 0 atom stereocenters. The molecule has 0 spiro atoms. The lowest BCUT2D eigenvalue weighted by Gasteiger charge is -2.09. The molecule has 1 aromatic carbocycles. The maximum atomic E-state index is 13.5. The van der Waals surface area contributed by atoms with Crippen LogP contribution >= 0.6 is 0 Å². The Hall–Kier alpha value is -2.29. The number of aromatic nitrogens is 1. The largest absolute Gasteiger partial charge is 0.338 e. The summed E-state index contributed by atoms with van der Waals surface area (Å²) in [5.74, 6) is -4.19. The van der Waals surface area contributed by atoms with Crippen LogP contribution in [-0.4, -0.2) is 19.2 Å². The quantitative estimate of drug-likeness (QED) is 0.826. The molecule has 5 nitrogen and oxygen atoms in total. The summed E-state index contributed by atoms with van der Waals surface area (Å²) in [5.41, 5.74) is -0.0496. The highest BCUT2D eigenvalue weighted by atomic mass is 32.2. The van der Waals surface area contributed by atoms with Crippen molar-refractivity contribution >= 4 is 27.2 Å². The molecule has 0 aliphatic heterocycles. The van der Waals surface area contributed by atoms with E-state index in [0.717, 1.165) is 12.1 Å². The molecule has 1 heterocycles. The maximum absolute atomic E-state index is 13.5. The molecule has 0 amide bonds. The highest BCUT2D eigenvalue weighted by Gasteiger charge is 2.14. The zero-order chi connectivity index (χ0) is 16.3. The molecule has 2 N–H and O–H groups in total. The van der Waals surface area contributed by atoms with Crippen LogP contribution < -0.4 is 10.0 Å². The average molecular weight is 331 g/mol. The van der Waals surface area contributed by atoms with Gasteiger partial charge in [-0.05, 0) is 31.2 Å². The molecule has 0 unspecified atom stereocenters. The van der Waals surface area contributed by atoms with Crippen LogP contribution in [0.2, 0.25) is 0 Å². The number of hydrogen-bond donors (Lipinski definition) is 2. The van der Waals surface area contributed by atoms with Crippen molar-refractivity contribution in [1.29, 1.82) is 0 Å². The van der Waals surface area contributed by atoms with E-state index in [4.69, 9.17) is 0 Å². The molecule has 9 heteroatoms. The van der Waals surface area contributed by atoms with Crippen molar-refractivity contribution in [1.82, 2.24) is 4.98 Å². The van der Waals surface area contributed by atoms with Gasteiger partial charge >= 0.3 is 0 Å². The lowest BCUT2D eigenvalue weighted by atomic mass is 10.2. The summed E-state index contributed by atoms with van der Waals surface area (Å²) in [7, 11) is -3.42. The lowest BCUT2D eigenvalue weighted by molar-refractivity contribution is 0.449. The van der Waals surface area contributed by atoms with E-state index in [1.54, 1.807) is 0 Å². The van der Waals surface area contributed by atoms with Crippen molar-refractivity contribution < 1.29 is 21.6 Å². The standard InChI is InChI=1S/C13H12F3N3O2S/c1-2-22(20,21)19-8-3-6-11(17-7-8)18-10-5-4-9(14)12(15)13(10)16/h3-7,19H,2H2,1H3,(H,17,18). The Labute approximate surface area is 125 Å². The van der Waals surface area contributed by atoms with E-state index in [1.807, 2.05) is 0 Å². The number of rotatable bonds is 5. The van der Waals surface area contributed by atoms with Gasteiger partial charge in [0.25, 0.3) is 0 Å². The summed E-state index contributed by atoms with van der Waals surface area (Å²) in [6, 6.07) is 4.59. The van der Waals surface area contributed by atoms with Crippen molar-refractivity contribution in [3.8, 4) is 0 Å². The fraction of sp³-hybridized carbons (Fsp3) is 0.154. The van der Waals surface area contributed by atoms with Crippen molar-refractivity contribution in [2.45, 2.75) is 6.92 Å². The summed E-state index contributed by atoms with van der Waals surface area (Å²) in [6.45, 7) is 1.48. The normalized spacial score (nSPS) is 11.3. The van der Waals surface area contributed by atoms with Gasteiger partial charge in [-0.15, -0.1) is 0 Å². The number of nitrogens with one attached hydrogen (secondary N) is 2. The Morgan fingerprint density at radius 2 is 1.82 bits per heavy atom. The van der Waals surface area contributed by atoms with Crippen LogP contribution in [0.15, 0.2) is 30.5 Å². The first-order valence-corrected chi connectivity index (χ1v) is 7.84. The van der Waals surface area contributed by atoms with Crippen LogP contribution in [0.25, 0.3) is 0 Å². The van der Waals surface area contributed by atoms with Gasteiger partial charge in [-0.25, -0.2) is 26.6 Å². The highest BCUT2D eigenvalue weighted by molar-refractivity contribution is 7.92. The van der Waals surface area contributed by atoms with Crippen molar-refractivity contribution in [2.24, 2.45) is 0 Å². The fourth-order valence-electron chi connectivity index (χ4n) is 1.54. The SMILES string of the molecule is CCS(=O)(=O)Nc1ccc(Nc2ccc(F)c(F)c2F)nc1. The van der Waals surface area contributed by atoms with Crippen LogP contribution in [0, 0.1) is 17.5 Å². The van der Waals surface area contributed by atoms with Gasteiger partial charge in [0, 0.05) is 0 Å². The summed E-state index contributed by atoms with van der Waals surface area (Å²) >= 11 is 0. The minimum Gasteiger partial charge on any atom is -0.338 e. The second-order valence-corrected chi connectivity index (χ2v) is 6.30. The molecule has 22 heavy (non-hydrogen) atoms. The number of pyridine rings is 1. The molecular formula is C13H12F3N3O2S. The molecule has 0 aliphatic rings. The summed E-state index contributed by atoms with van der Waals surface area (Å²) in [5, 5.41) is 2.47. The number of benzene rings is 1. The van der Waals surface area contributed by atoms with E-state index in [-0.39, 0.29) is 22.9 Å². The predicted molar refractivity (Wildman–Crippen MR) is 76.9 cm³/mol. The minimum atomic E-state index is -3.42. The van der Waals surface area contributed by atoms with Gasteiger partial charge in [0.2, 0.25) is 10.0 Å². The van der Waals surface area contributed by atoms with Gasteiger partial charge in [0.1, 0.15) is 5.82 Å². The van der Waals surface area contributed by atoms with Crippen molar-refractivity contribution in [3.63, 3.8) is 0 Å². The number of halogens is 3. The first-order valence-electron chi connectivity index (χ1n) is 6.19. The predicted octanol–water partition coefficient (Wildman–Crippen LogP) is 3.00. The van der Waals surface area contributed by atoms with Gasteiger partial charge in [-0.1, -0.05) is 0 Å². The number of sulfonamides is 1. The average Bonchev–Trinajstić information content (AvgIpc) is 2.49. The topological polar surface area (TPSA) is 71.1 Å². The van der Waals surface area contributed by atoms with E-state index in [9.17, 15) is 21.6 Å². The third-order valence-corrected chi connectivity index (χ3v) is 4.02. The molecule has 1 aromatic heterocycles. The van der Waals surface area contributed by atoms with Gasteiger partial charge < -0.3 is 5.32 Å². The summed E-state index contributed by atoms with van der Waals surface area (Å²) in [4.78, 5) is 3.86. The fourth-order valence-corrected chi connectivity index (χ4v) is 2.16. The van der Waals surface area contributed by atoms with Crippen LogP contribution in [0.4, 0.5) is 30.4 Å². The Kier molecular flexibility index (Phi) is 4.55. The van der Waals surface area contributed by atoms with E-state index in [2.05, 4.69) is 15.0 Å². The third-order valence-electron chi connectivity index (χ3n) is 2.71. The third kappa shape index (κ3) is 3.67. The van der Waals surface area contributed by atoms with Gasteiger partial charge in [-0.2, -0.15) is 0 Å². The lowest BCUT2D eigenvalue weighted by Crippen LogP contribution is -2.14. The van der Waals surface area contributed by atoms with Gasteiger partial charge in [0.15, 0.2) is 17.5 Å². The molecular weight excluding hydrogens is 319 g/mol. The summed E-state index contributed by atoms with van der Waals surface area (Å²) < 4.78 is 64.5. The van der Waals surface area contributed by atoms with E-state index < -0.39 is 27.5 Å². The van der Waals surface area contributed by atoms with Gasteiger partial charge in [0.05, 0.1) is 23.3 Å². The first kappa shape index (κ1) is 16.1.